The molecule has 2 aromatic heterocycles. The van der Waals surface area contributed by atoms with E-state index in [0.29, 0.717) is 11.5 Å². The molecule has 0 saturated carbocycles. The van der Waals surface area contributed by atoms with Crippen molar-refractivity contribution in [1.29, 1.82) is 0 Å². The molecule has 2 amide bonds. The Morgan fingerprint density at radius 3 is 2.51 bits per heavy atom. The monoisotopic (exact) mass is 482 g/mol. The second-order valence-corrected chi connectivity index (χ2v) is 8.14. The molecule has 0 atom stereocenters. The summed E-state index contributed by atoms with van der Waals surface area (Å²) >= 11 is 0. The molecule has 1 aliphatic carbocycles. The maximum absolute atomic E-state index is 13.1. The number of aromatic nitrogens is 3. The van der Waals surface area contributed by atoms with Gasteiger partial charge >= 0.3 is 12.2 Å². The number of urea groups is 1. The summed E-state index contributed by atoms with van der Waals surface area (Å²) in [5, 5.41) is 5.05. The Labute approximate surface area is 197 Å². The van der Waals surface area contributed by atoms with Crippen molar-refractivity contribution in [1.82, 2.24) is 14.5 Å². The number of anilines is 3. The highest BCUT2D eigenvalue weighted by molar-refractivity contribution is 6.00. The number of benzene rings is 2. The highest BCUT2D eigenvalue weighted by Crippen LogP contribution is 2.36. The third kappa shape index (κ3) is 4.20. The molecule has 0 bridgehead atoms. The topological polar surface area (TPSA) is 107 Å². The van der Waals surface area contributed by atoms with E-state index in [9.17, 15) is 18.0 Å². The predicted molar refractivity (Wildman–Crippen MR) is 126 cm³/mol. The van der Waals surface area contributed by atoms with Crippen molar-refractivity contribution in [2.24, 2.45) is 0 Å². The molecule has 0 unspecified atom stereocenters. The lowest BCUT2D eigenvalue weighted by molar-refractivity contribution is -0.137. The number of carbonyl (C=O) groups excluding carboxylic acids is 1. The van der Waals surface area contributed by atoms with Gasteiger partial charge < -0.3 is 25.7 Å². The molecule has 1 aliphatic rings. The molecule has 2 aromatic carbocycles. The molecule has 8 nitrogen and oxygen atoms in total. The molecule has 11 heteroatoms. The number of methoxy groups -OCH3 is 1. The summed E-state index contributed by atoms with van der Waals surface area (Å²) < 4.78 is 46.3. The van der Waals surface area contributed by atoms with Gasteiger partial charge in [-0.15, -0.1) is 0 Å². The van der Waals surface area contributed by atoms with E-state index in [1.807, 2.05) is 16.7 Å². The second-order valence-electron chi connectivity index (χ2n) is 8.14. The van der Waals surface area contributed by atoms with Crippen molar-refractivity contribution < 1.29 is 22.7 Å². The van der Waals surface area contributed by atoms with Crippen molar-refractivity contribution in [2.45, 2.75) is 25.4 Å². The highest BCUT2D eigenvalue weighted by atomic mass is 19.4. The first-order valence-electron chi connectivity index (χ1n) is 10.8. The average molecular weight is 482 g/mol. The molecule has 4 aromatic rings. The van der Waals surface area contributed by atoms with Gasteiger partial charge in [-0.2, -0.15) is 13.2 Å². The fraction of sp³-hybridized carbons (Fsp3) is 0.208. The van der Waals surface area contributed by atoms with Gasteiger partial charge in [0.1, 0.15) is 17.6 Å². The number of nitrogen functional groups attached to an aromatic ring is 1. The summed E-state index contributed by atoms with van der Waals surface area (Å²) in [5.74, 6) is 0.372. The molecule has 180 valence electrons. The van der Waals surface area contributed by atoms with Crippen molar-refractivity contribution in [3.63, 3.8) is 0 Å². The number of aryl methyl sites for hydroxylation is 1. The van der Waals surface area contributed by atoms with Crippen LogP contribution in [0.2, 0.25) is 0 Å². The number of nitrogens with one attached hydrogen (secondary N) is 2. The van der Waals surface area contributed by atoms with Gasteiger partial charge in [-0.25, -0.2) is 14.8 Å². The number of amides is 2. The zero-order valence-electron chi connectivity index (χ0n) is 18.6. The number of nitrogens with zero attached hydrogens (tertiary/aromatic N) is 3. The Morgan fingerprint density at radius 2 is 1.80 bits per heavy atom. The third-order valence-electron chi connectivity index (χ3n) is 5.93. The van der Waals surface area contributed by atoms with Gasteiger partial charge in [0.2, 0.25) is 0 Å². The minimum absolute atomic E-state index is 0.0192. The van der Waals surface area contributed by atoms with E-state index in [4.69, 9.17) is 10.5 Å². The Hall–Kier alpha value is -4.28. The molecule has 5 rings (SSSR count). The minimum atomic E-state index is -4.57. The van der Waals surface area contributed by atoms with Crippen LogP contribution in [-0.2, 0) is 19.0 Å². The van der Waals surface area contributed by atoms with Gasteiger partial charge in [-0.05, 0) is 61.2 Å². The van der Waals surface area contributed by atoms with E-state index >= 15 is 0 Å². The molecule has 0 fully saturated rings. The molecular weight excluding hydrogens is 461 g/mol. The average Bonchev–Trinajstić information content (AvgIpc) is 3.41. The van der Waals surface area contributed by atoms with Crippen LogP contribution in [0.4, 0.5) is 35.2 Å². The zero-order chi connectivity index (χ0) is 24.7. The molecule has 4 N–H and O–H groups in total. The van der Waals surface area contributed by atoms with E-state index < -0.39 is 17.8 Å². The minimum Gasteiger partial charge on any atom is -0.497 e. The normalized spacial score (nSPS) is 13.0. The van der Waals surface area contributed by atoms with E-state index in [2.05, 4.69) is 20.6 Å². The van der Waals surface area contributed by atoms with Crippen LogP contribution in [-0.4, -0.2) is 27.7 Å². The Morgan fingerprint density at radius 1 is 1.06 bits per heavy atom. The summed E-state index contributed by atoms with van der Waals surface area (Å²) in [4.78, 5) is 21.0. The van der Waals surface area contributed by atoms with E-state index in [1.54, 1.807) is 12.1 Å². The number of carbonyl (C=O) groups is 1. The Bertz CT molecular complexity index is 1430. The standard InChI is InChI=1S/C24H21F3N6O2/c1-35-17-10-13(24(25,26)27)9-15(11-17)32-23(34)31-14-5-7-16(8-6-14)33-19-4-2-3-18(19)20-21(33)22(28)30-12-29-20/h5-12H,2-4H2,1H3,(H2,28,29,30)(H2,31,32,34). The third-order valence-corrected chi connectivity index (χ3v) is 5.93. The van der Waals surface area contributed by atoms with Crippen LogP contribution in [0.15, 0.2) is 48.8 Å². The lowest BCUT2D eigenvalue weighted by Crippen LogP contribution is -2.20. The zero-order valence-corrected chi connectivity index (χ0v) is 18.6. The lowest BCUT2D eigenvalue weighted by atomic mass is 10.2. The first kappa shape index (κ1) is 22.5. The number of alkyl halides is 3. The first-order valence-corrected chi connectivity index (χ1v) is 10.8. The number of hydrogen-bond acceptors (Lipinski definition) is 5. The predicted octanol–water partition coefficient (Wildman–Crippen LogP) is 5.16. The maximum atomic E-state index is 13.1. The molecule has 0 radical (unpaired) electrons. The molecule has 0 saturated heterocycles. The lowest BCUT2D eigenvalue weighted by Gasteiger charge is -2.14. The smallest absolute Gasteiger partial charge is 0.416 e. The van der Waals surface area contributed by atoms with Gasteiger partial charge in [0.15, 0.2) is 5.82 Å². The van der Waals surface area contributed by atoms with Crippen molar-refractivity contribution in [2.75, 3.05) is 23.5 Å². The number of rotatable bonds is 4. The number of nitrogens with two attached hydrogens (primary N) is 1. The molecule has 35 heavy (non-hydrogen) atoms. The van der Waals surface area contributed by atoms with Crippen LogP contribution in [0.5, 0.6) is 5.75 Å². The fourth-order valence-corrected chi connectivity index (χ4v) is 4.42. The fourth-order valence-electron chi connectivity index (χ4n) is 4.42. The van der Waals surface area contributed by atoms with Gasteiger partial charge in [0.05, 0.1) is 18.2 Å². The van der Waals surface area contributed by atoms with Gasteiger partial charge in [0, 0.05) is 28.8 Å². The van der Waals surface area contributed by atoms with E-state index in [1.165, 1.54) is 25.1 Å². The van der Waals surface area contributed by atoms with Gasteiger partial charge in [-0.3, -0.25) is 0 Å². The Kier molecular flexibility index (Phi) is 5.46. The van der Waals surface area contributed by atoms with Gasteiger partial charge in [-0.1, -0.05) is 0 Å². The Balaban J connectivity index is 1.37. The summed E-state index contributed by atoms with van der Waals surface area (Å²) in [5.41, 5.74) is 10.4. The van der Waals surface area contributed by atoms with Crippen LogP contribution in [0.3, 0.4) is 0 Å². The number of ether oxygens (including phenoxy) is 1. The summed E-state index contributed by atoms with van der Waals surface area (Å²) in [6.07, 6.45) is -0.255. The van der Waals surface area contributed by atoms with E-state index in [-0.39, 0.29) is 11.4 Å². The van der Waals surface area contributed by atoms with Crippen LogP contribution in [0, 0.1) is 0 Å². The van der Waals surface area contributed by atoms with Crippen molar-refractivity contribution >= 4 is 34.3 Å². The molecule has 0 aliphatic heterocycles. The number of hydrogen-bond donors (Lipinski definition) is 3. The van der Waals surface area contributed by atoms with Crippen LogP contribution < -0.4 is 21.1 Å². The van der Waals surface area contributed by atoms with Crippen LogP contribution >= 0.6 is 0 Å². The highest BCUT2D eigenvalue weighted by Gasteiger charge is 2.31. The van der Waals surface area contributed by atoms with Gasteiger partial charge in [0.25, 0.3) is 0 Å². The second kappa shape index (κ2) is 8.49. The first-order chi connectivity index (χ1) is 16.7. The molecule has 0 spiro atoms. The summed E-state index contributed by atoms with van der Waals surface area (Å²) in [7, 11) is 1.25. The van der Waals surface area contributed by atoms with Crippen LogP contribution in [0.1, 0.15) is 23.2 Å². The quantitative estimate of drug-likeness (QED) is 0.372. The van der Waals surface area contributed by atoms with Crippen molar-refractivity contribution in [3.8, 4) is 11.4 Å². The number of fused-ring (bicyclic) bond motifs is 3. The van der Waals surface area contributed by atoms with Crippen molar-refractivity contribution in [3.05, 3.63) is 65.6 Å². The summed E-state index contributed by atoms with van der Waals surface area (Å²) in [6.45, 7) is 0. The summed E-state index contributed by atoms with van der Waals surface area (Å²) in [6, 6.07) is 9.38. The number of halogens is 3. The molecular formula is C24H21F3N6O2. The maximum Gasteiger partial charge on any atom is 0.416 e. The largest absolute Gasteiger partial charge is 0.497 e. The SMILES string of the molecule is COc1cc(NC(=O)Nc2ccc(-n3c4c(c5ncnc(N)c53)CCC4)cc2)cc(C(F)(F)F)c1. The van der Waals surface area contributed by atoms with Crippen LogP contribution in [0.25, 0.3) is 16.7 Å². The molecule has 2 heterocycles. The van der Waals surface area contributed by atoms with E-state index in [0.717, 1.165) is 53.8 Å².